The van der Waals surface area contributed by atoms with Crippen LogP contribution in [0.2, 0.25) is 0 Å². The Morgan fingerprint density at radius 2 is 2.00 bits per heavy atom. The maximum atomic E-state index is 12.3. The maximum absolute atomic E-state index is 12.3. The highest BCUT2D eigenvalue weighted by Crippen LogP contribution is 2.34. The van der Waals surface area contributed by atoms with E-state index in [0.717, 1.165) is 12.1 Å². The number of phenolic OH excluding ortho intramolecular Hbond substituents is 1. The smallest absolute Gasteiger partial charge is 0.416 e. The summed E-state index contributed by atoms with van der Waals surface area (Å²) in [5.74, 6) is 4.23. The van der Waals surface area contributed by atoms with Crippen LogP contribution in [-0.4, -0.2) is 5.11 Å². The Labute approximate surface area is 77.9 Å². The highest BCUT2D eigenvalue weighted by atomic mass is 19.4. The van der Waals surface area contributed by atoms with Crippen LogP contribution in [-0.2, 0) is 17.6 Å². The van der Waals surface area contributed by atoms with Crippen molar-refractivity contribution >= 4 is 0 Å². The number of aromatic hydroxyl groups is 1. The first-order valence-electron chi connectivity index (χ1n) is 3.66. The quantitative estimate of drug-likeness (QED) is 0.727. The summed E-state index contributed by atoms with van der Waals surface area (Å²) < 4.78 is 37.0. The van der Waals surface area contributed by atoms with Crippen molar-refractivity contribution in [3.8, 4) is 5.75 Å². The molecule has 3 nitrogen and oxygen atoms in total. The zero-order valence-electron chi connectivity index (χ0n) is 7.01. The van der Waals surface area contributed by atoms with Crippen molar-refractivity contribution in [3.63, 3.8) is 0 Å². The van der Waals surface area contributed by atoms with Gasteiger partial charge < -0.3 is 5.11 Å². The average molecular weight is 207 g/mol. The minimum Gasteiger partial charge on any atom is -0.508 e. The van der Waals surface area contributed by atoms with Gasteiger partial charge >= 0.3 is 6.18 Å². The molecule has 0 atom stereocenters. The van der Waals surface area contributed by atoms with E-state index in [9.17, 15) is 13.2 Å². The van der Waals surface area contributed by atoms with E-state index >= 15 is 0 Å². The van der Waals surface area contributed by atoms with Gasteiger partial charge in [-0.05, 0) is 17.7 Å². The van der Waals surface area contributed by atoms with Gasteiger partial charge in [0.2, 0.25) is 0 Å². The highest BCUT2D eigenvalue weighted by Gasteiger charge is 2.33. The number of alkyl halides is 3. The number of benzene rings is 1. The second-order valence-electron chi connectivity index (χ2n) is 2.65. The molecule has 0 unspecified atom stereocenters. The molecule has 0 aliphatic heterocycles. The molecule has 0 aliphatic rings. The largest absolute Gasteiger partial charge is 0.508 e. The Balaban J connectivity index is 3.16. The molecule has 0 saturated carbocycles. The van der Waals surface area contributed by atoms with Gasteiger partial charge in [-0.15, -0.1) is 0 Å². The van der Waals surface area contributed by atoms with Crippen molar-refractivity contribution in [2.45, 2.75) is 12.8 Å². The topological polar surface area (TPSA) is 55.5 Å². The van der Waals surface area contributed by atoms with Gasteiger partial charge in [-0.1, -0.05) is 6.07 Å². The molecule has 0 aliphatic carbocycles. The van der Waals surface area contributed by atoms with Crippen molar-refractivity contribution in [1.29, 1.82) is 0 Å². The zero-order valence-corrected chi connectivity index (χ0v) is 7.01. The van der Waals surface area contributed by atoms with Gasteiger partial charge in [0.15, 0.2) is 0 Å². The Kier molecular flexibility index (Phi) is 2.97. The summed E-state index contributed by atoms with van der Waals surface area (Å²) in [5, 5.41) is 8.90. The molecule has 0 aromatic heterocycles. The molecule has 1 rings (SSSR count). The number of phenols is 1. The number of rotatable bonds is 2. The number of hydrogen-bond donors (Lipinski definition) is 2. The average Bonchev–Trinajstić information content (AvgIpc) is 2.07. The van der Waals surface area contributed by atoms with Gasteiger partial charge in [0.05, 0.1) is 12.2 Å². The van der Waals surface area contributed by atoms with Crippen LogP contribution in [0.15, 0.2) is 18.2 Å². The summed E-state index contributed by atoms with van der Waals surface area (Å²) in [4.78, 5) is 4.12. The molecule has 3 N–H and O–H groups in total. The van der Waals surface area contributed by atoms with Gasteiger partial charge in [0, 0.05) is 0 Å². The minimum atomic E-state index is -4.52. The third kappa shape index (κ3) is 2.36. The van der Waals surface area contributed by atoms with E-state index in [4.69, 9.17) is 5.11 Å². The Morgan fingerprint density at radius 3 is 2.50 bits per heavy atom. The molecule has 0 spiro atoms. The SMILES string of the molecule is NOCc1ccc(O)cc1C(F)(F)F. The summed E-state index contributed by atoms with van der Waals surface area (Å²) >= 11 is 0. The second kappa shape index (κ2) is 3.85. The Hall–Kier alpha value is -1.27. The fourth-order valence-corrected chi connectivity index (χ4v) is 1.04. The predicted octanol–water partition coefficient (Wildman–Crippen LogP) is 1.80. The molecule has 0 heterocycles. The summed E-state index contributed by atoms with van der Waals surface area (Å²) in [5.41, 5.74) is -1.05. The lowest BCUT2D eigenvalue weighted by atomic mass is 10.1. The van der Waals surface area contributed by atoms with Crippen LogP contribution < -0.4 is 5.90 Å². The van der Waals surface area contributed by atoms with Crippen molar-refractivity contribution in [1.82, 2.24) is 0 Å². The highest BCUT2D eigenvalue weighted by molar-refractivity contribution is 5.36. The molecule has 78 valence electrons. The second-order valence-corrected chi connectivity index (χ2v) is 2.65. The first kappa shape index (κ1) is 10.8. The van der Waals surface area contributed by atoms with Gasteiger partial charge in [-0.2, -0.15) is 13.2 Å². The number of hydrogen-bond acceptors (Lipinski definition) is 3. The molecule has 0 amide bonds. The fraction of sp³-hybridized carbons (Fsp3) is 0.250. The lowest BCUT2D eigenvalue weighted by Gasteiger charge is -2.11. The maximum Gasteiger partial charge on any atom is 0.416 e. The zero-order chi connectivity index (χ0) is 10.8. The van der Waals surface area contributed by atoms with Gasteiger partial charge in [-0.25, -0.2) is 5.90 Å². The third-order valence-electron chi connectivity index (χ3n) is 1.64. The fourth-order valence-electron chi connectivity index (χ4n) is 1.04. The molecule has 1 aromatic carbocycles. The molecule has 0 bridgehead atoms. The summed E-state index contributed by atoms with van der Waals surface area (Å²) in [7, 11) is 0. The molecule has 6 heteroatoms. The lowest BCUT2D eigenvalue weighted by Crippen LogP contribution is -2.11. The summed E-state index contributed by atoms with van der Waals surface area (Å²) in [6.45, 7) is -0.352. The first-order chi connectivity index (χ1) is 6.45. The van der Waals surface area contributed by atoms with Crippen LogP contribution in [0.4, 0.5) is 13.2 Å². The van der Waals surface area contributed by atoms with E-state index < -0.39 is 17.5 Å². The van der Waals surface area contributed by atoms with Gasteiger partial charge in [-0.3, -0.25) is 4.84 Å². The number of nitrogens with two attached hydrogens (primary N) is 1. The Bertz CT molecular complexity index is 325. The van der Waals surface area contributed by atoms with E-state index in [0.29, 0.717) is 6.07 Å². The van der Waals surface area contributed by atoms with Crippen molar-refractivity contribution in [2.24, 2.45) is 5.90 Å². The van der Waals surface area contributed by atoms with Crippen LogP contribution in [0.3, 0.4) is 0 Å². The standard InChI is InChI=1S/C8H8F3NO2/c9-8(10,11)7-3-6(13)2-1-5(7)4-14-12/h1-3,13H,4,12H2. The predicted molar refractivity (Wildman–Crippen MR) is 42.1 cm³/mol. The van der Waals surface area contributed by atoms with Crippen molar-refractivity contribution in [2.75, 3.05) is 0 Å². The molecule has 14 heavy (non-hydrogen) atoms. The van der Waals surface area contributed by atoms with Crippen molar-refractivity contribution < 1.29 is 23.1 Å². The van der Waals surface area contributed by atoms with Crippen LogP contribution in [0.5, 0.6) is 5.75 Å². The van der Waals surface area contributed by atoms with E-state index in [1.54, 1.807) is 0 Å². The van der Waals surface area contributed by atoms with E-state index in [1.165, 1.54) is 0 Å². The van der Waals surface area contributed by atoms with E-state index in [2.05, 4.69) is 10.7 Å². The summed E-state index contributed by atoms with van der Waals surface area (Å²) in [6.07, 6.45) is -4.52. The van der Waals surface area contributed by atoms with Gasteiger partial charge in [0.25, 0.3) is 0 Å². The van der Waals surface area contributed by atoms with Crippen molar-refractivity contribution in [3.05, 3.63) is 29.3 Å². The Morgan fingerprint density at radius 1 is 1.36 bits per heavy atom. The van der Waals surface area contributed by atoms with E-state index in [-0.39, 0.29) is 12.2 Å². The monoisotopic (exact) mass is 207 g/mol. The molecule has 0 fully saturated rings. The normalized spacial score (nSPS) is 11.7. The van der Waals surface area contributed by atoms with Gasteiger partial charge in [0.1, 0.15) is 5.75 Å². The molecule has 0 saturated heterocycles. The molecule has 0 radical (unpaired) electrons. The lowest BCUT2D eigenvalue weighted by molar-refractivity contribution is -0.139. The molecular weight excluding hydrogens is 199 g/mol. The van der Waals surface area contributed by atoms with Crippen LogP contribution >= 0.6 is 0 Å². The third-order valence-corrected chi connectivity index (χ3v) is 1.64. The first-order valence-corrected chi connectivity index (χ1v) is 3.66. The van der Waals surface area contributed by atoms with Crippen LogP contribution in [0.25, 0.3) is 0 Å². The minimum absolute atomic E-state index is 0.113. The molecular formula is C8H8F3NO2. The van der Waals surface area contributed by atoms with E-state index in [1.807, 2.05) is 0 Å². The van der Waals surface area contributed by atoms with Crippen LogP contribution in [0, 0.1) is 0 Å². The summed E-state index contributed by atoms with van der Waals surface area (Å²) in [6, 6.07) is 2.89. The molecule has 1 aromatic rings. The van der Waals surface area contributed by atoms with Crippen LogP contribution in [0.1, 0.15) is 11.1 Å². The number of halogens is 3.